The van der Waals surface area contributed by atoms with Gasteiger partial charge in [0.2, 0.25) is 17.7 Å². The molecular weight excluding hydrogens is 482 g/mol. The summed E-state index contributed by atoms with van der Waals surface area (Å²) in [7, 11) is 1.65. The molecule has 4 rings (SSSR count). The van der Waals surface area contributed by atoms with Crippen LogP contribution in [-0.4, -0.2) is 83.0 Å². The van der Waals surface area contributed by atoms with E-state index in [2.05, 4.69) is 22.0 Å². The number of halogens is 1. The van der Waals surface area contributed by atoms with Crippen molar-refractivity contribution in [1.29, 1.82) is 0 Å². The number of carbonyl (C=O) groups is 2. The lowest BCUT2D eigenvalue weighted by Gasteiger charge is -2.34. The van der Waals surface area contributed by atoms with Crippen LogP contribution in [0.5, 0.6) is 5.75 Å². The number of likely N-dealkylation sites (tertiary alicyclic amines) is 1. The van der Waals surface area contributed by atoms with E-state index in [1.807, 2.05) is 34.1 Å². The SMILES string of the molecule is COc1ccc(CCC(=O)N2CCN(Cc3noc(CCC(=O)N4CCC(C)CC4)n3)CC2)cc1.Cl. The van der Waals surface area contributed by atoms with Crippen molar-refractivity contribution >= 4 is 24.2 Å². The Bertz CT molecular complexity index is 967. The van der Waals surface area contributed by atoms with Gasteiger partial charge in [0.25, 0.3) is 0 Å². The molecule has 0 saturated carbocycles. The van der Waals surface area contributed by atoms with Gasteiger partial charge < -0.3 is 19.1 Å². The minimum Gasteiger partial charge on any atom is -0.497 e. The Morgan fingerprint density at radius 3 is 2.19 bits per heavy atom. The minimum atomic E-state index is 0. The van der Waals surface area contributed by atoms with Crippen LogP contribution in [0.15, 0.2) is 28.8 Å². The third kappa shape index (κ3) is 7.93. The van der Waals surface area contributed by atoms with Gasteiger partial charge in [0.1, 0.15) is 5.75 Å². The highest BCUT2D eigenvalue weighted by Crippen LogP contribution is 2.17. The molecule has 0 unspecified atom stereocenters. The number of carbonyl (C=O) groups excluding carboxylic acids is 2. The van der Waals surface area contributed by atoms with Gasteiger partial charge in [-0.2, -0.15) is 4.98 Å². The number of hydrogen-bond donors (Lipinski definition) is 0. The van der Waals surface area contributed by atoms with Gasteiger partial charge in [-0.15, -0.1) is 12.4 Å². The van der Waals surface area contributed by atoms with Gasteiger partial charge in [0.05, 0.1) is 13.7 Å². The lowest BCUT2D eigenvalue weighted by molar-refractivity contribution is -0.133. The molecule has 1 aromatic heterocycles. The molecule has 3 heterocycles. The second-order valence-electron chi connectivity index (χ2n) is 9.67. The topological polar surface area (TPSA) is 92.0 Å². The molecular formula is C26H38ClN5O4. The van der Waals surface area contributed by atoms with Crippen molar-refractivity contribution in [1.82, 2.24) is 24.8 Å². The van der Waals surface area contributed by atoms with Gasteiger partial charge in [-0.1, -0.05) is 24.2 Å². The molecule has 0 spiro atoms. The van der Waals surface area contributed by atoms with E-state index in [4.69, 9.17) is 9.26 Å². The Labute approximate surface area is 219 Å². The molecule has 0 aliphatic carbocycles. The smallest absolute Gasteiger partial charge is 0.227 e. The van der Waals surface area contributed by atoms with E-state index in [-0.39, 0.29) is 24.2 Å². The van der Waals surface area contributed by atoms with Crippen molar-refractivity contribution in [2.75, 3.05) is 46.4 Å². The summed E-state index contributed by atoms with van der Waals surface area (Å²) >= 11 is 0. The van der Waals surface area contributed by atoms with Crippen LogP contribution in [0.3, 0.4) is 0 Å². The molecule has 2 saturated heterocycles. The fourth-order valence-electron chi connectivity index (χ4n) is 4.64. The number of rotatable bonds is 9. The second kappa shape index (κ2) is 13.6. The summed E-state index contributed by atoms with van der Waals surface area (Å²) in [5.41, 5.74) is 1.14. The van der Waals surface area contributed by atoms with Crippen molar-refractivity contribution in [2.24, 2.45) is 5.92 Å². The molecule has 1 aromatic carbocycles. The van der Waals surface area contributed by atoms with Crippen molar-refractivity contribution in [3.63, 3.8) is 0 Å². The van der Waals surface area contributed by atoms with Crippen LogP contribution in [0.4, 0.5) is 0 Å². The number of piperidine rings is 1. The normalized spacial score (nSPS) is 17.1. The standard InChI is InChI=1S/C26H37N5O4.ClH/c1-20-11-13-30(14-12-20)26(33)10-8-24-27-23(28-35-24)19-29-15-17-31(18-16-29)25(32)9-5-21-3-6-22(34-2)7-4-21;/h3-4,6-7,20H,5,8-19H2,1-2H3;1H. The van der Waals surface area contributed by atoms with Gasteiger partial charge in [0.15, 0.2) is 5.82 Å². The van der Waals surface area contributed by atoms with E-state index < -0.39 is 0 Å². The molecule has 10 heteroatoms. The summed E-state index contributed by atoms with van der Waals surface area (Å²) < 4.78 is 10.6. The first kappa shape index (κ1) is 27.9. The Hall–Kier alpha value is -2.65. The summed E-state index contributed by atoms with van der Waals surface area (Å²) in [6, 6.07) is 7.87. The van der Waals surface area contributed by atoms with Crippen LogP contribution in [0.1, 0.15) is 49.9 Å². The molecule has 0 N–H and O–H groups in total. The summed E-state index contributed by atoms with van der Waals surface area (Å²) in [6.45, 7) is 7.51. The highest BCUT2D eigenvalue weighted by Gasteiger charge is 2.23. The predicted molar refractivity (Wildman–Crippen MR) is 138 cm³/mol. The Morgan fingerprint density at radius 1 is 0.944 bits per heavy atom. The van der Waals surface area contributed by atoms with E-state index in [0.717, 1.165) is 56.8 Å². The maximum absolute atomic E-state index is 12.6. The zero-order valence-electron chi connectivity index (χ0n) is 21.4. The number of aromatic nitrogens is 2. The largest absolute Gasteiger partial charge is 0.497 e. The molecule has 2 aromatic rings. The van der Waals surface area contributed by atoms with Crippen molar-refractivity contribution < 1.29 is 18.8 Å². The van der Waals surface area contributed by atoms with Crippen LogP contribution in [0, 0.1) is 5.92 Å². The predicted octanol–water partition coefficient (Wildman–Crippen LogP) is 2.97. The molecule has 2 aliphatic heterocycles. The van der Waals surface area contributed by atoms with Gasteiger partial charge >= 0.3 is 0 Å². The van der Waals surface area contributed by atoms with E-state index in [1.165, 1.54) is 0 Å². The maximum Gasteiger partial charge on any atom is 0.227 e. The number of aryl methyl sites for hydroxylation is 2. The maximum atomic E-state index is 12.6. The van der Waals surface area contributed by atoms with Gasteiger partial charge in [-0.25, -0.2) is 0 Å². The quantitative estimate of drug-likeness (QED) is 0.503. The van der Waals surface area contributed by atoms with Crippen LogP contribution in [0.2, 0.25) is 0 Å². The van der Waals surface area contributed by atoms with Gasteiger partial charge in [-0.3, -0.25) is 14.5 Å². The van der Waals surface area contributed by atoms with Crippen LogP contribution >= 0.6 is 12.4 Å². The average Bonchev–Trinajstić information content (AvgIpc) is 3.34. The highest BCUT2D eigenvalue weighted by atomic mass is 35.5. The van der Waals surface area contributed by atoms with Crippen molar-refractivity contribution in [3.05, 3.63) is 41.5 Å². The third-order valence-corrected chi connectivity index (χ3v) is 7.08. The van der Waals surface area contributed by atoms with Crippen LogP contribution < -0.4 is 4.74 Å². The molecule has 2 aliphatic rings. The fourth-order valence-corrected chi connectivity index (χ4v) is 4.64. The lowest BCUT2D eigenvalue weighted by Crippen LogP contribution is -2.48. The highest BCUT2D eigenvalue weighted by molar-refractivity contribution is 5.85. The van der Waals surface area contributed by atoms with E-state index >= 15 is 0 Å². The van der Waals surface area contributed by atoms with Gasteiger partial charge in [-0.05, 0) is 42.9 Å². The molecule has 2 fully saturated rings. The molecule has 0 radical (unpaired) electrons. The van der Waals surface area contributed by atoms with Crippen LogP contribution in [-0.2, 0) is 29.0 Å². The average molecular weight is 520 g/mol. The molecule has 9 nitrogen and oxygen atoms in total. The number of ether oxygens (including phenoxy) is 1. The van der Waals surface area contributed by atoms with Crippen molar-refractivity contribution in [3.8, 4) is 5.75 Å². The first-order valence-electron chi connectivity index (χ1n) is 12.7. The third-order valence-electron chi connectivity index (χ3n) is 7.08. The van der Waals surface area contributed by atoms with Crippen LogP contribution in [0.25, 0.3) is 0 Å². The van der Waals surface area contributed by atoms with E-state index in [9.17, 15) is 9.59 Å². The Kier molecular flexibility index (Phi) is 10.6. The number of benzene rings is 1. The summed E-state index contributed by atoms with van der Waals surface area (Å²) in [5.74, 6) is 3.05. The van der Waals surface area contributed by atoms with Gasteiger partial charge in [0, 0.05) is 58.5 Å². The summed E-state index contributed by atoms with van der Waals surface area (Å²) in [5, 5.41) is 4.10. The first-order valence-corrected chi connectivity index (χ1v) is 12.7. The van der Waals surface area contributed by atoms with E-state index in [0.29, 0.717) is 56.5 Å². The number of piperazine rings is 1. The Morgan fingerprint density at radius 2 is 1.56 bits per heavy atom. The number of methoxy groups -OCH3 is 1. The Balaban J connectivity index is 0.00000361. The lowest BCUT2D eigenvalue weighted by atomic mass is 9.99. The van der Waals surface area contributed by atoms with E-state index in [1.54, 1.807) is 7.11 Å². The number of hydrogen-bond acceptors (Lipinski definition) is 7. The number of amides is 2. The summed E-state index contributed by atoms with van der Waals surface area (Å²) in [4.78, 5) is 35.7. The molecule has 198 valence electrons. The number of nitrogens with zero attached hydrogens (tertiary/aromatic N) is 5. The summed E-state index contributed by atoms with van der Waals surface area (Å²) in [6.07, 6.45) is 4.29. The zero-order chi connectivity index (χ0) is 24.6. The monoisotopic (exact) mass is 519 g/mol. The zero-order valence-corrected chi connectivity index (χ0v) is 22.2. The first-order chi connectivity index (χ1) is 17.0. The van der Waals surface area contributed by atoms with Crippen molar-refractivity contribution in [2.45, 2.75) is 52.0 Å². The molecule has 0 bridgehead atoms. The minimum absolute atomic E-state index is 0. The molecule has 0 atom stereocenters. The second-order valence-corrected chi connectivity index (χ2v) is 9.67. The fraction of sp³-hybridized carbons (Fsp3) is 0.615. The molecule has 36 heavy (non-hydrogen) atoms. The molecule has 2 amide bonds.